The van der Waals surface area contributed by atoms with Gasteiger partial charge in [-0.1, -0.05) is 54.6 Å². The van der Waals surface area contributed by atoms with Crippen molar-refractivity contribution in [2.45, 2.75) is 52.2 Å². The molecular weight excluding hydrogens is 466 g/mol. The lowest BCUT2D eigenvalue weighted by Crippen LogP contribution is -2.51. The highest BCUT2D eigenvalue weighted by atomic mass is 16.2. The Morgan fingerprint density at radius 1 is 0.946 bits per heavy atom. The van der Waals surface area contributed by atoms with Gasteiger partial charge in [-0.25, -0.2) is 4.68 Å². The van der Waals surface area contributed by atoms with E-state index in [1.807, 2.05) is 75.4 Å². The Labute approximate surface area is 216 Å². The van der Waals surface area contributed by atoms with Crippen LogP contribution in [0.1, 0.15) is 56.1 Å². The van der Waals surface area contributed by atoms with Crippen LogP contribution < -0.4 is 10.2 Å². The Kier molecular flexibility index (Phi) is 7.47. The number of nitrogens with zero attached hydrogens (tertiary/aromatic N) is 4. The summed E-state index contributed by atoms with van der Waals surface area (Å²) in [7, 11) is 0. The number of carbonyl (C=O) groups is 3. The maximum Gasteiger partial charge on any atom is 0.249 e. The van der Waals surface area contributed by atoms with Gasteiger partial charge in [0, 0.05) is 16.8 Å². The van der Waals surface area contributed by atoms with Gasteiger partial charge in [0.05, 0.1) is 5.52 Å². The smallest absolute Gasteiger partial charge is 0.249 e. The normalized spacial score (nSPS) is 12.2. The molecule has 8 heteroatoms. The topological polar surface area (TPSA) is 97.2 Å². The molecule has 0 aliphatic rings. The number of amides is 2. The maximum atomic E-state index is 14.0. The van der Waals surface area contributed by atoms with E-state index in [0.29, 0.717) is 28.8 Å². The highest BCUT2D eigenvalue weighted by molar-refractivity contribution is 6.02. The average Bonchev–Trinajstić information content (AvgIpc) is 3.30. The third-order valence-electron chi connectivity index (χ3n) is 6.49. The molecule has 0 radical (unpaired) electrons. The molecule has 0 spiro atoms. The molecular formula is C29H31N5O3. The fraction of sp³-hybridized carbons (Fsp3) is 0.276. The zero-order valence-corrected chi connectivity index (χ0v) is 21.5. The quantitative estimate of drug-likeness (QED) is 0.338. The predicted octanol–water partition coefficient (Wildman–Crippen LogP) is 4.71. The highest BCUT2D eigenvalue weighted by Gasteiger charge is 2.35. The van der Waals surface area contributed by atoms with Crippen LogP contribution in [0.3, 0.4) is 0 Å². The fourth-order valence-electron chi connectivity index (χ4n) is 4.08. The Hall–Kier alpha value is -4.33. The highest BCUT2D eigenvalue weighted by Crippen LogP contribution is 2.30. The predicted molar refractivity (Wildman–Crippen MR) is 143 cm³/mol. The number of para-hydroxylation sites is 1. The lowest BCUT2D eigenvalue weighted by atomic mass is 9.98. The van der Waals surface area contributed by atoms with E-state index in [-0.39, 0.29) is 24.1 Å². The SMILES string of the molecule is CCC(C)(C)NC(=O)[C@@H](c1ccccc1)N(C(=O)Cn1nnc2ccccc21)c1ccc(C(C)=O)cc1. The van der Waals surface area contributed by atoms with E-state index >= 15 is 0 Å². The first kappa shape index (κ1) is 25.8. The lowest BCUT2D eigenvalue weighted by Gasteiger charge is -2.34. The number of ketones is 1. The van der Waals surface area contributed by atoms with E-state index in [4.69, 9.17) is 0 Å². The van der Waals surface area contributed by atoms with Gasteiger partial charge in [-0.15, -0.1) is 5.10 Å². The summed E-state index contributed by atoms with van der Waals surface area (Å²) in [5, 5.41) is 11.4. The second kappa shape index (κ2) is 10.7. The van der Waals surface area contributed by atoms with E-state index in [9.17, 15) is 14.4 Å². The molecule has 1 N–H and O–H groups in total. The van der Waals surface area contributed by atoms with Crippen LogP contribution in [0.4, 0.5) is 5.69 Å². The first-order valence-corrected chi connectivity index (χ1v) is 12.3. The van der Waals surface area contributed by atoms with Crippen molar-refractivity contribution in [3.8, 4) is 0 Å². The van der Waals surface area contributed by atoms with E-state index in [2.05, 4.69) is 15.6 Å². The number of anilines is 1. The number of aromatic nitrogens is 3. The van der Waals surface area contributed by atoms with Crippen LogP contribution in [0.5, 0.6) is 0 Å². The maximum absolute atomic E-state index is 14.0. The van der Waals surface area contributed by atoms with Gasteiger partial charge >= 0.3 is 0 Å². The van der Waals surface area contributed by atoms with Gasteiger partial charge in [-0.2, -0.15) is 0 Å². The van der Waals surface area contributed by atoms with E-state index in [0.717, 1.165) is 5.52 Å². The molecule has 2 amide bonds. The minimum atomic E-state index is -0.947. The largest absolute Gasteiger partial charge is 0.349 e. The van der Waals surface area contributed by atoms with Crippen molar-refractivity contribution in [3.05, 3.63) is 90.0 Å². The number of Topliss-reactive ketones (excluding diaryl/α,β-unsaturated/α-hetero) is 1. The molecule has 3 aromatic carbocycles. The zero-order valence-electron chi connectivity index (χ0n) is 21.5. The molecule has 0 saturated heterocycles. The third kappa shape index (κ3) is 5.74. The van der Waals surface area contributed by atoms with Crippen LogP contribution in [0.25, 0.3) is 11.0 Å². The van der Waals surface area contributed by atoms with Gasteiger partial charge in [-0.05, 0) is 69.2 Å². The third-order valence-corrected chi connectivity index (χ3v) is 6.49. The van der Waals surface area contributed by atoms with Gasteiger partial charge < -0.3 is 5.32 Å². The summed E-state index contributed by atoms with van der Waals surface area (Å²) in [6, 6.07) is 22.4. The number of carbonyl (C=O) groups excluding carboxylic acids is 3. The van der Waals surface area contributed by atoms with E-state index in [1.54, 1.807) is 24.3 Å². The summed E-state index contributed by atoms with van der Waals surface area (Å²) in [6.45, 7) is 7.26. The van der Waals surface area contributed by atoms with Gasteiger partial charge in [0.2, 0.25) is 11.8 Å². The molecule has 0 bridgehead atoms. The van der Waals surface area contributed by atoms with Crippen molar-refractivity contribution in [1.29, 1.82) is 0 Å². The Morgan fingerprint density at radius 3 is 2.24 bits per heavy atom. The minimum Gasteiger partial charge on any atom is -0.349 e. The van der Waals surface area contributed by atoms with Crippen LogP contribution in [0.15, 0.2) is 78.9 Å². The lowest BCUT2D eigenvalue weighted by molar-refractivity contribution is -0.128. The van der Waals surface area contributed by atoms with Crippen LogP contribution in [0.2, 0.25) is 0 Å². The molecule has 0 unspecified atom stereocenters. The van der Waals surface area contributed by atoms with E-state index in [1.165, 1.54) is 16.5 Å². The number of hydrogen-bond donors (Lipinski definition) is 1. The number of fused-ring (bicyclic) bond motifs is 1. The molecule has 1 aromatic heterocycles. The van der Waals surface area contributed by atoms with Crippen molar-refractivity contribution in [1.82, 2.24) is 20.3 Å². The fourth-order valence-corrected chi connectivity index (χ4v) is 4.08. The molecule has 0 fully saturated rings. The molecule has 1 heterocycles. The molecule has 1 atom stereocenters. The molecule has 8 nitrogen and oxygen atoms in total. The van der Waals surface area contributed by atoms with Gasteiger partial charge in [0.1, 0.15) is 18.1 Å². The van der Waals surface area contributed by atoms with Crippen LogP contribution >= 0.6 is 0 Å². The second-order valence-corrected chi connectivity index (χ2v) is 9.64. The average molecular weight is 498 g/mol. The Bertz CT molecular complexity index is 1410. The summed E-state index contributed by atoms with van der Waals surface area (Å²) < 4.78 is 1.53. The molecule has 190 valence electrons. The molecule has 0 aliphatic carbocycles. The molecule has 37 heavy (non-hydrogen) atoms. The van der Waals surface area contributed by atoms with Crippen LogP contribution in [-0.2, 0) is 16.1 Å². The summed E-state index contributed by atoms with van der Waals surface area (Å²) in [6.07, 6.45) is 0.715. The summed E-state index contributed by atoms with van der Waals surface area (Å²) >= 11 is 0. The molecule has 4 rings (SSSR count). The zero-order chi connectivity index (χ0) is 26.6. The van der Waals surface area contributed by atoms with Crippen molar-refractivity contribution >= 4 is 34.3 Å². The monoisotopic (exact) mass is 497 g/mol. The minimum absolute atomic E-state index is 0.0828. The van der Waals surface area contributed by atoms with Crippen molar-refractivity contribution in [2.75, 3.05) is 4.90 Å². The Balaban J connectivity index is 1.81. The number of nitrogens with one attached hydrogen (secondary N) is 1. The van der Waals surface area contributed by atoms with Gasteiger partial charge in [0.15, 0.2) is 5.78 Å². The number of benzene rings is 3. The molecule has 0 saturated carbocycles. The van der Waals surface area contributed by atoms with Crippen molar-refractivity contribution in [3.63, 3.8) is 0 Å². The summed E-state index contributed by atoms with van der Waals surface area (Å²) in [5.74, 6) is -0.726. The first-order chi connectivity index (χ1) is 17.7. The second-order valence-electron chi connectivity index (χ2n) is 9.64. The Morgan fingerprint density at radius 2 is 1.59 bits per heavy atom. The number of hydrogen-bond acceptors (Lipinski definition) is 5. The first-order valence-electron chi connectivity index (χ1n) is 12.3. The van der Waals surface area contributed by atoms with Crippen LogP contribution in [0, 0.1) is 0 Å². The standard InChI is InChI=1S/C29H31N5O3/c1-5-29(3,4)30-28(37)27(22-11-7-6-8-12-22)34(23-17-15-21(16-18-23)20(2)35)26(36)19-33-25-14-10-9-13-24(25)31-32-33/h6-18,27H,5,19H2,1-4H3,(H,30,37)/t27-/m1/s1. The summed E-state index contributed by atoms with van der Waals surface area (Å²) in [5.41, 5.74) is 2.60. The van der Waals surface area contributed by atoms with Gasteiger partial charge in [-0.3, -0.25) is 19.3 Å². The van der Waals surface area contributed by atoms with Crippen molar-refractivity contribution in [2.24, 2.45) is 0 Å². The van der Waals surface area contributed by atoms with E-state index < -0.39 is 11.6 Å². The molecule has 0 aliphatic heterocycles. The van der Waals surface area contributed by atoms with Crippen molar-refractivity contribution < 1.29 is 14.4 Å². The molecule has 4 aromatic rings. The van der Waals surface area contributed by atoms with Crippen LogP contribution in [-0.4, -0.2) is 38.1 Å². The summed E-state index contributed by atoms with van der Waals surface area (Å²) in [4.78, 5) is 41.2. The number of rotatable bonds is 9. The van der Waals surface area contributed by atoms with Gasteiger partial charge in [0.25, 0.3) is 0 Å².